The van der Waals surface area contributed by atoms with E-state index < -0.39 is 11.4 Å². The van der Waals surface area contributed by atoms with Crippen LogP contribution >= 0.6 is 0 Å². The van der Waals surface area contributed by atoms with Gasteiger partial charge in [-0.25, -0.2) is 9.37 Å². The summed E-state index contributed by atoms with van der Waals surface area (Å²) in [6, 6.07) is 9.97. The Morgan fingerprint density at radius 2 is 1.91 bits per heavy atom. The summed E-state index contributed by atoms with van der Waals surface area (Å²) in [4.78, 5) is 41.0. The minimum atomic E-state index is -0.518. The van der Waals surface area contributed by atoms with E-state index >= 15 is 0 Å². The van der Waals surface area contributed by atoms with Crippen LogP contribution in [0, 0.1) is 5.82 Å². The topological polar surface area (TPSA) is 111 Å². The summed E-state index contributed by atoms with van der Waals surface area (Å²) in [7, 11) is 0. The quantitative estimate of drug-likeness (QED) is 0.419. The number of aromatic amines is 2. The van der Waals surface area contributed by atoms with Crippen LogP contribution in [-0.2, 0) is 0 Å². The first-order valence-corrected chi connectivity index (χ1v) is 12.1. The molecule has 35 heavy (non-hydrogen) atoms. The van der Waals surface area contributed by atoms with Gasteiger partial charge in [-0.05, 0) is 69.1 Å². The average molecular weight is 475 g/mol. The van der Waals surface area contributed by atoms with Crippen molar-refractivity contribution in [2.45, 2.75) is 31.7 Å². The maximum Gasteiger partial charge on any atom is 0.261 e. The molecule has 6 rings (SSSR count). The van der Waals surface area contributed by atoms with E-state index in [1.54, 1.807) is 24.3 Å². The number of benzene rings is 2. The van der Waals surface area contributed by atoms with Crippen LogP contribution in [-0.4, -0.2) is 62.9 Å². The second kappa shape index (κ2) is 8.49. The van der Waals surface area contributed by atoms with Gasteiger partial charge >= 0.3 is 0 Å². The highest BCUT2D eigenvalue weighted by Gasteiger charge is 2.31. The number of nitrogens with one attached hydrogen (secondary N) is 2. The molecule has 2 fully saturated rings. The summed E-state index contributed by atoms with van der Waals surface area (Å²) in [5.74, 6) is -0.277. The largest absolute Gasteiger partial charge is 0.397 e. The number of pyridine rings is 1. The predicted molar refractivity (Wildman–Crippen MR) is 134 cm³/mol. The van der Waals surface area contributed by atoms with Gasteiger partial charge in [-0.15, -0.1) is 0 Å². The molecule has 9 heteroatoms. The minimum absolute atomic E-state index is 0.00304. The highest BCUT2D eigenvalue weighted by atomic mass is 19.1. The van der Waals surface area contributed by atoms with Crippen molar-refractivity contribution < 1.29 is 9.18 Å². The number of amides is 1. The Balaban J connectivity index is 1.33. The van der Waals surface area contributed by atoms with Gasteiger partial charge in [-0.1, -0.05) is 6.07 Å². The maximum absolute atomic E-state index is 14.5. The summed E-state index contributed by atoms with van der Waals surface area (Å²) >= 11 is 0. The molecule has 4 aromatic rings. The molecule has 0 saturated carbocycles. The van der Waals surface area contributed by atoms with E-state index in [9.17, 15) is 14.0 Å². The lowest BCUT2D eigenvalue weighted by Crippen LogP contribution is -2.42. The summed E-state index contributed by atoms with van der Waals surface area (Å²) in [6.07, 6.45) is 4.50. The van der Waals surface area contributed by atoms with E-state index in [0.717, 1.165) is 39.0 Å². The average Bonchev–Trinajstić information content (AvgIpc) is 3.59. The smallest absolute Gasteiger partial charge is 0.261 e. The van der Waals surface area contributed by atoms with Crippen molar-refractivity contribution in [2.75, 3.05) is 31.9 Å². The fourth-order valence-corrected chi connectivity index (χ4v) is 5.55. The van der Waals surface area contributed by atoms with E-state index in [1.807, 2.05) is 4.90 Å². The number of carbonyl (C=O) groups excluding carboxylic acids is 1. The monoisotopic (exact) mass is 474 g/mol. The molecule has 1 amide bonds. The van der Waals surface area contributed by atoms with Crippen molar-refractivity contribution >= 4 is 33.5 Å². The van der Waals surface area contributed by atoms with E-state index in [-0.39, 0.29) is 34.4 Å². The number of nitrogens with two attached hydrogens (primary N) is 1. The molecule has 0 bridgehead atoms. The molecule has 2 saturated heterocycles. The van der Waals surface area contributed by atoms with Crippen LogP contribution in [0.15, 0.2) is 41.2 Å². The standard InChI is InChI=1S/C26H27FN6O2/c27-17-6-3-7-19-21(17)23(28)22(25(34)31-19)24-29-18-9-8-15(13-20(18)30-24)26(35)33-12-4-5-16(33)14-32-10-1-2-11-32/h3,6-9,13,16H,1-2,4-5,10-12,14H2,(H,29,30)(H3,28,31,34)/t16-/m1/s1. The fraction of sp³-hybridized carbons (Fsp3) is 0.346. The number of H-pyrrole nitrogens is 2. The number of aromatic nitrogens is 3. The molecular formula is C26H27FN6O2. The van der Waals surface area contributed by atoms with Gasteiger partial charge in [0.05, 0.1) is 27.6 Å². The lowest BCUT2D eigenvalue weighted by Gasteiger charge is -2.28. The maximum atomic E-state index is 14.5. The molecule has 0 radical (unpaired) electrons. The Hall–Kier alpha value is -3.72. The van der Waals surface area contributed by atoms with E-state index in [4.69, 9.17) is 5.73 Å². The fourth-order valence-electron chi connectivity index (χ4n) is 5.55. The lowest BCUT2D eigenvalue weighted by molar-refractivity contribution is 0.0709. The van der Waals surface area contributed by atoms with Crippen LogP contribution in [0.4, 0.5) is 10.1 Å². The van der Waals surface area contributed by atoms with Gasteiger partial charge in [0.15, 0.2) is 0 Å². The number of nitrogens with zero attached hydrogens (tertiary/aromatic N) is 3. The van der Waals surface area contributed by atoms with Crippen molar-refractivity contribution in [1.82, 2.24) is 24.8 Å². The summed E-state index contributed by atoms with van der Waals surface area (Å²) in [5, 5.41) is 0.150. The van der Waals surface area contributed by atoms with Crippen molar-refractivity contribution in [2.24, 2.45) is 0 Å². The minimum Gasteiger partial charge on any atom is -0.397 e. The first kappa shape index (κ1) is 21.8. The molecule has 2 aromatic carbocycles. The van der Waals surface area contributed by atoms with E-state index in [2.05, 4.69) is 19.9 Å². The Morgan fingerprint density at radius 3 is 2.74 bits per heavy atom. The number of hydrogen-bond donors (Lipinski definition) is 3. The third-order valence-electron chi connectivity index (χ3n) is 7.30. The molecule has 2 aliphatic rings. The van der Waals surface area contributed by atoms with Crippen LogP contribution in [0.1, 0.15) is 36.0 Å². The number of nitrogen functional groups attached to an aromatic ring is 1. The Bertz CT molecular complexity index is 1500. The zero-order valence-electron chi connectivity index (χ0n) is 19.3. The molecule has 180 valence electrons. The van der Waals surface area contributed by atoms with Crippen molar-refractivity contribution in [3.8, 4) is 11.4 Å². The molecule has 1 atom stereocenters. The molecule has 0 spiro atoms. The number of fused-ring (bicyclic) bond motifs is 2. The molecule has 4 heterocycles. The Morgan fingerprint density at radius 1 is 1.09 bits per heavy atom. The van der Waals surface area contributed by atoms with Gasteiger partial charge in [0, 0.05) is 24.7 Å². The second-order valence-corrected chi connectivity index (χ2v) is 9.52. The molecule has 0 aliphatic carbocycles. The summed E-state index contributed by atoms with van der Waals surface area (Å²) in [6.45, 7) is 3.92. The lowest BCUT2D eigenvalue weighted by atomic mass is 10.1. The van der Waals surface area contributed by atoms with Crippen LogP contribution in [0.2, 0.25) is 0 Å². The predicted octanol–water partition coefficient (Wildman–Crippen LogP) is 3.49. The summed E-state index contributed by atoms with van der Waals surface area (Å²) in [5.41, 5.74) is 7.99. The first-order valence-electron chi connectivity index (χ1n) is 12.1. The third kappa shape index (κ3) is 3.76. The first-order chi connectivity index (χ1) is 17.0. The van der Waals surface area contributed by atoms with Gasteiger partial charge in [-0.3, -0.25) is 9.59 Å². The van der Waals surface area contributed by atoms with Crippen molar-refractivity contribution in [3.63, 3.8) is 0 Å². The van der Waals surface area contributed by atoms with E-state index in [0.29, 0.717) is 22.1 Å². The van der Waals surface area contributed by atoms with Gasteiger partial charge in [0.2, 0.25) is 0 Å². The van der Waals surface area contributed by atoms with Gasteiger partial charge in [0.1, 0.15) is 17.2 Å². The second-order valence-electron chi connectivity index (χ2n) is 9.52. The zero-order chi connectivity index (χ0) is 24.1. The van der Waals surface area contributed by atoms with Gasteiger partial charge in [-0.2, -0.15) is 0 Å². The highest BCUT2D eigenvalue weighted by Crippen LogP contribution is 2.30. The summed E-state index contributed by atoms with van der Waals surface area (Å²) < 4.78 is 14.5. The molecular weight excluding hydrogens is 447 g/mol. The van der Waals surface area contributed by atoms with Crippen LogP contribution in [0.3, 0.4) is 0 Å². The molecule has 2 aromatic heterocycles. The van der Waals surface area contributed by atoms with Gasteiger partial charge < -0.3 is 25.5 Å². The number of imidazole rings is 1. The number of carbonyl (C=O) groups is 1. The van der Waals surface area contributed by atoms with Crippen LogP contribution in [0.25, 0.3) is 33.3 Å². The number of anilines is 1. The normalized spacial score (nSPS) is 18.8. The number of rotatable bonds is 4. The Kier molecular flexibility index (Phi) is 5.29. The number of likely N-dealkylation sites (tertiary alicyclic amines) is 2. The van der Waals surface area contributed by atoms with Crippen LogP contribution in [0.5, 0.6) is 0 Å². The Labute approximate surface area is 200 Å². The van der Waals surface area contributed by atoms with Crippen molar-refractivity contribution in [1.29, 1.82) is 0 Å². The van der Waals surface area contributed by atoms with Gasteiger partial charge in [0.25, 0.3) is 11.5 Å². The SMILES string of the molecule is Nc1c(-c2nc3cc(C(=O)N4CCC[C@@H]4CN4CCCC4)ccc3[nH]2)c(=O)[nH]c2cccc(F)c12. The molecule has 2 aliphatic heterocycles. The van der Waals surface area contributed by atoms with E-state index in [1.165, 1.54) is 25.0 Å². The van der Waals surface area contributed by atoms with Crippen LogP contribution < -0.4 is 11.3 Å². The number of halogens is 1. The van der Waals surface area contributed by atoms with Crippen molar-refractivity contribution in [3.05, 3.63) is 58.1 Å². The highest BCUT2D eigenvalue weighted by molar-refractivity contribution is 6.00. The number of hydrogen-bond acceptors (Lipinski definition) is 5. The molecule has 4 N–H and O–H groups in total. The zero-order valence-corrected chi connectivity index (χ0v) is 19.3. The molecule has 8 nitrogen and oxygen atoms in total. The third-order valence-corrected chi connectivity index (χ3v) is 7.30. The molecule has 0 unspecified atom stereocenters.